The highest BCUT2D eigenvalue weighted by molar-refractivity contribution is 7.89. The number of hydrogen-bond donors (Lipinski definition) is 3. The van der Waals surface area contributed by atoms with Gasteiger partial charge in [0.05, 0.1) is 35.1 Å². The first kappa shape index (κ1) is 28.6. The molecule has 4 aromatic rings. The number of benzene rings is 1. The molecule has 2 atom stereocenters. The summed E-state index contributed by atoms with van der Waals surface area (Å²) < 4.78 is 26.9. The minimum Gasteiger partial charge on any atom is -0.377 e. The van der Waals surface area contributed by atoms with Crippen LogP contribution >= 0.6 is 11.6 Å². The fourth-order valence-electron chi connectivity index (χ4n) is 5.32. The van der Waals surface area contributed by atoms with Crippen LogP contribution in [-0.2, 0) is 17.1 Å². The molecule has 216 valence electrons. The Morgan fingerprint density at radius 1 is 1.24 bits per heavy atom. The van der Waals surface area contributed by atoms with Gasteiger partial charge in [0.1, 0.15) is 5.15 Å². The number of aromatic amines is 1. The molecular weight excluding hydrogens is 568 g/mol. The summed E-state index contributed by atoms with van der Waals surface area (Å²) in [6, 6.07) is 6.38. The van der Waals surface area contributed by atoms with Crippen LogP contribution in [-0.4, -0.2) is 58.4 Å². The van der Waals surface area contributed by atoms with Crippen LogP contribution in [0.15, 0.2) is 41.5 Å². The number of nitrogens with zero attached hydrogens (tertiary/aromatic N) is 5. The number of sulfonamides is 1. The molecule has 12 nitrogen and oxygen atoms in total. The van der Waals surface area contributed by atoms with E-state index in [2.05, 4.69) is 25.4 Å². The van der Waals surface area contributed by atoms with Gasteiger partial charge in [-0.25, -0.2) is 23.1 Å². The molecule has 1 aromatic carbocycles. The van der Waals surface area contributed by atoms with Crippen molar-refractivity contribution in [2.75, 3.05) is 29.6 Å². The Morgan fingerprint density at radius 3 is 2.73 bits per heavy atom. The van der Waals surface area contributed by atoms with Crippen molar-refractivity contribution in [2.45, 2.75) is 38.6 Å². The van der Waals surface area contributed by atoms with Crippen molar-refractivity contribution in [3.8, 4) is 0 Å². The molecule has 0 saturated carbocycles. The first-order chi connectivity index (χ1) is 19.4. The van der Waals surface area contributed by atoms with Crippen LogP contribution in [0.25, 0.3) is 10.9 Å². The Hall–Kier alpha value is -3.97. The number of pyridine rings is 1. The predicted molar refractivity (Wildman–Crippen MR) is 158 cm³/mol. The number of carbonyl (C=O) groups excluding carboxylic acids is 1. The summed E-state index contributed by atoms with van der Waals surface area (Å²) in [6.07, 6.45) is 6.60. The molecule has 3 N–H and O–H groups in total. The van der Waals surface area contributed by atoms with Crippen molar-refractivity contribution in [3.63, 3.8) is 0 Å². The van der Waals surface area contributed by atoms with E-state index in [1.54, 1.807) is 17.7 Å². The molecule has 4 heterocycles. The Balaban J connectivity index is 1.54. The quantitative estimate of drug-likeness (QED) is 0.272. The molecule has 0 spiro atoms. The molecule has 0 bridgehead atoms. The number of aryl methyl sites for hydroxylation is 1. The van der Waals surface area contributed by atoms with Crippen molar-refractivity contribution < 1.29 is 13.2 Å². The number of rotatable bonds is 7. The summed E-state index contributed by atoms with van der Waals surface area (Å²) in [5.41, 5.74) is 3.23. The molecule has 0 aliphatic carbocycles. The third-order valence-corrected chi connectivity index (χ3v) is 7.99. The summed E-state index contributed by atoms with van der Waals surface area (Å²) in [6.45, 7) is 5.24. The third-order valence-electron chi connectivity index (χ3n) is 7.22. The van der Waals surface area contributed by atoms with Crippen LogP contribution in [0.5, 0.6) is 0 Å². The molecule has 1 saturated heterocycles. The number of amides is 1. The number of anilines is 2. The Morgan fingerprint density at radius 2 is 2.02 bits per heavy atom. The van der Waals surface area contributed by atoms with Crippen molar-refractivity contribution in [1.29, 1.82) is 0 Å². The van der Waals surface area contributed by atoms with Crippen molar-refractivity contribution in [2.24, 2.45) is 7.05 Å². The third kappa shape index (κ3) is 6.05. The topological polar surface area (TPSA) is 155 Å². The van der Waals surface area contributed by atoms with Gasteiger partial charge in [0.2, 0.25) is 16.0 Å². The van der Waals surface area contributed by atoms with Gasteiger partial charge in [-0.3, -0.25) is 19.3 Å². The van der Waals surface area contributed by atoms with Gasteiger partial charge in [0.15, 0.2) is 5.69 Å². The zero-order valence-corrected chi connectivity index (χ0v) is 24.7. The number of piperidine rings is 1. The molecule has 0 unspecified atom stereocenters. The van der Waals surface area contributed by atoms with E-state index in [1.165, 1.54) is 6.07 Å². The van der Waals surface area contributed by atoms with E-state index in [1.807, 2.05) is 43.1 Å². The zero-order chi connectivity index (χ0) is 29.5. The van der Waals surface area contributed by atoms with E-state index in [9.17, 15) is 18.0 Å². The van der Waals surface area contributed by atoms with Gasteiger partial charge >= 0.3 is 0 Å². The fourth-order valence-corrected chi connectivity index (χ4v) is 5.90. The summed E-state index contributed by atoms with van der Waals surface area (Å²) >= 11 is 6.03. The van der Waals surface area contributed by atoms with E-state index in [0.717, 1.165) is 42.3 Å². The van der Waals surface area contributed by atoms with E-state index < -0.39 is 22.0 Å². The van der Waals surface area contributed by atoms with Gasteiger partial charge in [-0.2, -0.15) is 5.10 Å². The normalized spacial score (nSPS) is 16.5. The minimum atomic E-state index is -3.83. The Kier molecular flexibility index (Phi) is 7.75. The van der Waals surface area contributed by atoms with Crippen LogP contribution < -0.4 is 20.5 Å². The van der Waals surface area contributed by atoms with Gasteiger partial charge < -0.3 is 10.2 Å². The average Bonchev–Trinajstić information content (AvgIpc) is 3.46. The standard InChI is InChI=1S/C27H31ClN8O4S/c1-15-10-19(16(2)31-21-7-8-22(28)32-24(21)25(37)34-41(4,39)40)23-20(11-15)26(38)35(3)27(33-23)36-9-5-6-17(14-36)18-12-29-30-13-18/h7-8,10-13,16-17,31H,5-6,9,14H2,1-4H3,(H,29,30)(H,34,37)/t16-,17+/m1/s1. The van der Waals surface area contributed by atoms with Crippen molar-refractivity contribution in [1.82, 2.24) is 29.5 Å². The average molecular weight is 599 g/mol. The van der Waals surface area contributed by atoms with Crippen LogP contribution in [0.4, 0.5) is 11.6 Å². The molecule has 1 amide bonds. The molecule has 1 aliphatic rings. The highest BCUT2D eigenvalue weighted by Gasteiger charge is 2.27. The van der Waals surface area contributed by atoms with Gasteiger partial charge in [-0.05, 0) is 56.0 Å². The van der Waals surface area contributed by atoms with Crippen LogP contribution in [0.1, 0.15) is 58.9 Å². The van der Waals surface area contributed by atoms with Gasteiger partial charge in [-0.1, -0.05) is 17.7 Å². The first-order valence-corrected chi connectivity index (χ1v) is 15.4. The number of hydrogen-bond acceptors (Lipinski definition) is 9. The summed E-state index contributed by atoms with van der Waals surface area (Å²) in [5, 5.41) is 10.7. The maximum absolute atomic E-state index is 13.6. The van der Waals surface area contributed by atoms with Gasteiger partial charge in [0.25, 0.3) is 11.5 Å². The van der Waals surface area contributed by atoms with Crippen molar-refractivity contribution >= 4 is 50.1 Å². The van der Waals surface area contributed by atoms with E-state index >= 15 is 0 Å². The fraction of sp³-hybridized carbons (Fsp3) is 0.370. The van der Waals surface area contributed by atoms with E-state index in [4.69, 9.17) is 16.6 Å². The number of H-pyrrole nitrogens is 1. The van der Waals surface area contributed by atoms with Gasteiger partial charge in [-0.15, -0.1) is 0 Å². The maximum Gasteiger partial charge on any atom is 0.285 e. The van der Waals surface area contributed by atoms with Crippen LogP contribution in [0, 0.1) is 6.92 Å². The molecule has 3 aromatic heterocycles. The predicted octanol–water partition coefficient (Wildman–Crippen LogP) is 3.26. The highest BCUT2D eigenvalue weighted by atomic mass is 35.5. The minimum absolute atomic E-state index is 0.0351. The second-order valence-electron chi connectivity index (χ2n) is 10.4. The summed E-state index contributed by atoms with van der Waals surface area (Å²) in [7, 11) is -2.09. The lowest BCUT2D eigenvalue weighted by molar-refractivity contribution is 0.0977. The number of fused-ring (bicyclic) bond motifs is 1. The number of halogens is 1. The molecule has 41 heavy (non-hydrogen) atoms. The second kappa shape index (κ2) is 11.1. The second-order valence-corrected chi connectivity index (χ2v) is 12.6. The smallest absolute Gasteiger partial charge is 0.285 e. The monoisotopic (exact) mass is 598 g/mol. The van der Waals surface area contributed by atoms with Crippen molar-refractivity contribution in [3.05, 3.63) is 74.6 Å². The molecule has 1 aliphatic heterocycles. The summed E-state index contributed by atoms with van der Waals surface area (Å²) in [4.78, 5) is 37.6. The number of nitrogens with one attached hydrogen (secondary N) is 3. The highest BCUT2D eigenvalue weighted by Crippen LogP contribution is 2.32. The lowest BCUT2D eigenvalue weighted by Gasteiger charge is -2.34. The molecule has 14 heteroatoms. The number of aromatic nitrogens is 5. The van der Waals surface area contributed by atoms with Crippen LogP contribution in [0.2, 0.25) is 5.15 Å². The molecule has 5 rings (SSSR count). The van der Waals surface area contributed by atoms with E-state index in [-0.39, 0.29) is 28.0 Å². The largest absolute Gasteiger partial charge is 0.377 e. The summed E-state index contributed by atoms with van der Waals surface area (Å²) in [5.74, 6) is -0.0678. The zero-order valence-electron chi connectivity index (χ0n) is 23.1. The lowest BCUT2D eigenvalue weighted by Crippen LogP contribution is -2.38. The Bertz CT molecular complexity index is 1790. The van der Waals surface area contributed by atoms with Crippen LogP contribution in [0.3, 0.4) is 0 Å². The maximum atomic E-state index is 13.6. The lowest BCUT2D eigenvalue weighted by atomic mass is 9.93. The SMILES string of the molecule is Cc1cc([C@@H](C)Nc2ccc(Cl)nc2C(=O)NS(C)(=O)=O)c2nc(N3CCC[C@H](c4cn[nH]c4)C3)n(C)c(=O)c2c1. The molecule has 0 radical (unpaired) electrons. The van der Waals surface area contributed by atoms with E-state index in [0.29, 0.717) is 23.4 Å². The Labute approximate surface area is 242 Å². The molecular formula is C27H31ClN8O4S. The molecule has 1 fully saturated rings. The number of carbonyl (C=O) groups is 1. The van der Waals surface area contributed by atoms with Gasteiger partial charge in [0, 0.05) is 37.8 Å². The first-order valence-electron chi connectivity index (χ1n) is 13.1.